The average Bonchev–Trinajstić information content (AvgIpc) is 2.43. The van der Waals surface area contributed by atoms with Crippen molar-refractivity contribution in [2.45, 2.75) is 45.2 Å². The third-order valence-electron chi connectivity index (χ3n) is 4.35. The van der Waals surface area contributed by atoms with Crippen molar-refractivity contribution in [3.8, 4) is 0 Å². The molecule has 1 aliphatic heterocycles. The molecular weight excluding hydrogens is 279 g/mol. The third-order valence-corrected chi connectivity index (χ3v) is 4.90. The molecule has 0 aromatic heterocycles. The number of anilines is 1. The van der Waals surface area contributed by atoms with E-state index in [0.29, 0.717) is 6.04 Å². The zero-order valence-electron chi connectivity index (χ0n) is 11.8. The molecule has 0 spiro atoms. The van der Waals surface area contributed by atoms with Gasteiger partial charge in [-0.15, -0.1) is 0 Å². The second-order valence-electron chi connectivity index (χ2n) is 5.44. The van der Waals surface area contributed by atoms with Crippen molar-refractivity contribution < 1.29 is 0 Å². The van der Waals surface area contributed by atoms with Crippen LogP contribution in [0.15, 0.2) is 18.2 Å². The van der Waals surface area contributed by atoms with Crippen molar-refractivity contribution in [1.82, 2.24) is 5.32 Å². The van der Waals surface area contributed by atoms with E-state index in [0.717, 1.165) is 41.7 Å². The summed E-state index contributed by atoms with van der Waals surface area (Å²) in [5.41, 5.74) is 1.23. The van der Waals surface area contributed by atoms with Crippen LogP contribution in [0.3, 0.4) is 0 Å². The molecule has 2 nitrogen and oxygen atoms in total. The van der Waals surface area contributed by atoms with Gasteiger partial charge in [-0.05, 0) is 38.0 Å². The lowest BCUT2D eigenvalue weighted by Gasteiger charge is -2.48. The standard InChI is InChI=1S/C15H22Cl2N2/c1-4-15(5-2)10-19(11(3)9-18-15)14-8-12(16)6-7-13(14)17/h6-8,11,18H,4-5,9-10H2,1-3H3. The van der Waals surface area contributed by atoms with Crippen LogP contribution in [0.5, 0.6) is 0 Å². The number of piperazine rings is 1. The first kappa shape index (κ1) is 15.0. The summed E-state index contributed by atoms with van der Waals surface area (Å²) in [6.07, 6.45) is 2.23. The molecule has 0 aliphatic carbocycles. The highest BCUT2D eigenvalue weighted by atomic mass is 35.5. The van der Waals surface area contributed by atoms with Crippen molar-refractivity contribution in [2.75, 3.05) is 18.0 Å². The van der Waals surface area contributed by atoms with E-state index in [1.165, 1.54) is 0 Å². The van der Waals surface area contributed by atoms with Gasteiger partial charge < -0.3 is 10.2 Å². The Balaban J connectivity index is 2.33. The van der Waals surface area contributed by atoms with Crippen LogP contribution in [0, 0.1) is 0 Å². The van der Waals surface area contributed by atoms with E-state index < -0.39 is 0 Å². The maximum Gasteiger partial charge on any atom is 0.0640 e. The predicted octanol–water partition coefficient (Wildman–Crippen LogP) is 4.35. The van der Waals surface area contributed by atoms with Crippen molar-refractivity contribution in [2.24, 2.45) is 0 Å². The van der Waals surface area contributed by atoms with Gasteiger partial charge in [0, 0.05) is 29.7 Å². The number of hydrogen-bond acceptors (Lipinski definition) is 2. The summed E-state index contributed by atoms with van der Waals surface area (Å²) in [5.74, 6) is 0. The number of benzene rings is 1. The molecule has 2 rings (SSSR count). The number of nitrogens with zero attached hydrogens (tertiary/aromatic N) is 1. The SMILES string of the molecule is CCC1(CC)CN(c2cc(Cl)ccc2Cl)C(C)CN1. The Labute approximate surface area is 126 Å². The second kappa shape index (κ2) is 5.90. The normalized spacial score (nSPS) is 22.6. The van der Waals surface area contributed by atoms with Gasteiger partial charge in [-0.1, -0.05) is 37.0 Å². The molecule has 1 aliphatic rings. The van der Waals surface area contributed by atoms with Crippen LogP contribution < -0.4 is 10.2 Å². The van der Waals surface area contributed by atoms with Crippen LogP contribution in [0.2, 0.25) is 10.0 Å². The van der Waals surface area contributed by atoms with Crippen LogP contribution in [-0.4, -0.2) is 24.7 Å². The molecule has 0 amide bonds. The molecule has 1 aromatic carbocycles. The van der Waals surface area contributed by atoms with Gasteiger partial charge in [-0.25, -0.2) is 0 Å². The first-order valence-electron chi connectivity index (χ1n) is 6.98. The van der Waals surface area contributed by atoms with Crippen molar-refractivity contribution >= 4 is 28.9 Å². The Bertz CT molecular complexity index is 444. The van der Waals surface area contributed by atoms with E-state index in [-0.39, 0.29) is 5.54 Å². The molecule has 0 bridgehead atoms. The molecular formula is C15H22Cl2N2. The Morgan fingerprint density at radius 2 is 2.00 bits per heavy atom. The molecule has 1 unspecified atom stereocenters. The quantitative estimate of drug-likeness (QED) is 0.893. The fourth-order valence-electron chi connectivity index (χ4n) is 2.76. The lowest BCUT2D eigenvalue weighted by Crippen LogP contribution is -2.63. The molecule has 0 radical (unpaired) electrons. The van der Waals surface area contributed by atoms with Crippen molar-refractivity contribution in [1.29, 1.82) is 0 Å². The van der Waals surface area contributed by atoms with Crippen molar-refractivity contribution in [3.05, 3.63) is 28.2 Å². The van der Waals surface area contributed by atoms with E-state index in [1.54, 1.807) is 0 Å². The zero-order chi connectivity index (χ0) is 14.0. The highest BCUT2D eigenvalue weighted by molar-refractivity contribution is 6.35. The molecule has 0 saturated carbocycles. The summed E-state index contributed by atoms with van der Waals surface area (Å²) in [6, 6.07) is 6.12. The lowest BCUT2D eigenvalue weighted by atomic mass is 9.88. The van der Waals surface area contributed by atoms with Gasteiger partial charge in [0.15, 0.2) is 0 Å². The van der Waals surface area contributed by atoms with Crippen LogP contribution in [0.4, 0.5) is 5.69 Å². The van der Waals surface area contributed by atoms with Gasteiger partial charge in [-0.2, -0.15) is 0 Å². The topological polar surface area (TPSA) is 15.3 Å². The van der Waals surface area contributed by atoms with Crippen LogP contribution in [0.25, 0.3) is 0 Å². The molecule has 1 fully saturated rings. The monoisotopic (exact) mass is 300 g/mol. The Hall–Kier alpha value is -0.440. The van der Waals surface area contributed by atoms with Gasteiger partial charge in [0.1, 0.15) is 0 Å². The molecule has 19 heavy (non-hydrogen) atoms. The van der Waals surface area contributed by atoms with E-state index in [4.69, 9.17) is 23.2 Å². The molecule has 1 saturated heterocycles. The minimum absolute atomic E-state index is 0.179. The molecule has 1 aromatic rings. The summed E-state index contributed by atoms with van der Waals surface area (Å²) >= 11 is 12.5. The highest BCUT2D eigenvalue weighted by Gasteiger charge is 2.35. The van der Waals surface area contributed by atoms with Crippen LogP contribution >= 0.6 is 23.2 Å². The van der Waals surface area contributed by atoms with E-state index in [2.05, 4.69) is 31.0 Å². The first-order valence-corrected chi connectivity index (χ1v) is 7.73. The van der Waals surface area contributed by atoms with Gasteiger partial charge >= 0.3 is 0 Å². The second-order valence-corrected chi connectivity index (χ2v) is 6.28. The minimum atomic E-state index is 0.179. The number of rotatable bonds is 3. The number of hydrogen-bond donors (Lipinski definition) is 1. The summed E-state index contributed by atoms with van der Waals surface area (Å²) in [5, 5.41) is 5.21. The van der Waals surface area contributed by atoms with E-state index in [9.17, 15) is 0 Å². The van der Waals surface area contributed by atoms with E-state index in [1.807, 2.05) is 18.2 Å². The van der Waals surface area contributed by atoms with Gasteiger partial charge in [0.2, 0.25) is 0 Å². The van der Waals surface area contributed by atoms with Gasteiger partial charge in [0.05, 0.1) is 10.7 Å². The lowest BCUT2D eigenvalue weighted by molar-refractivity contribution is 0.254. The summed E-state index contributed by atoms with van der Waals surface area (Å²) < 4.78 is 0. The Kier molecular flexibility index (Phi) is 4.65. The largest absolute Gasteiger partial charge is 0.364 e. The Morgan fingerprint density at radius 3 is 2.63 bits per heavy atom. The summed E-state index contributed by atoms with van der Waals surface area (Å²) in [4.78, 5) is 2.39. The fraction of sp³-hybridized carbons (Fsp3) is 0.600. The van der Waals surface area contributed by atoms with Crippen LogP contribution in [-0.2, 0) is 0 Å². The molecule has 4 heteroatoms. The molecule has 1 heterocycles. The maximum absolute atomic E-state index is 6.35. The van der Waals surface area contributed by atoms with E-state index >= 15 is 0 Å². The van der Waals surface area contributed by atoms with Crippen molar-refractivity contribution in [3.63, 3.8) is 0 Å². The first-order chi connectivity index (χ1) is 9.01. The number of halogens is 2. The maximum atomic E-state index is 6.35. The van der Waals surface area contributed by atoms with Gasteiger partial charge in [-0.3, -0.25) is 0 Å². The summed E-state index contributed by atoms with van der Waals surface area (Å²) in [7, 11) is 0. The minimum Gasteiger partial charge on any atom is -0.364 e. The van der Waals surface area contributed by atoms with Gasteiger partial charge in [0.25, 0.3) is 0 Å². The fourth-order valence-corrected chi connectivity index (χ4v) is 3.16. The third kappa shape index (κ3) is 3.01. The smallest absolute Gasteiger partial charge is 0.0640 e. The predicted molar refractivity (Wildman–Crippen MR) is 84.6 cm³/mol. The molecule has 106 valence electrons. The average molecular weight is 301 g/mol. The highest BCUT2D eigenvalue weighted by Crippen LogP contribution is 2.34. The number of nitrogens with one attached hydrogen (secondary N) is 1. The molecule has 1 N–H and O–H groups in total. The Morgan fingerprint density at radius 1 is 1.32 bits per heavy atom. The molecule has 1 atom stereocenters. The zero-order valence-corrected chi connectivity index (χ0v) is 13.4. The van der Waals surface area contributed by atoms with Crippen LogP contribution in [0.1, 0.15) is 33.6 Å². The summed E-state index contributed by atoms with van der Waals surface area (Å²) in [6.45, 7) is 8.65.